The summed E-state index contributed by atoms with van der Waals surface area (Å²) < 4.78 is 15.9. The van der Waals surface area contributed by atoms with Crippen molar-refractivity contribution in [2.45, 2.75) is 13.0 Å². The topological polar surface area (TPSA) is 65.0 Å². The number of ether oxygens (including phenoxy) is 3. The van der Waals surface area contributed by atoms with E-state index in [1.165, 1.54) is 7.11 Å². The van der Waals surface area contributed by atoms with E-state index in [1.54, 1.807) is 12.1 Å². The first-order chi connectivity index (χ1) is 9.20. The summed E-state index contributed by atoms with van der Waals surface area (Å²) in [6.07, 6.45) is 1.03. The molecule has 2 rings (SSSR count). The highest BCUT2D eigenvalue weighted by atomic mass is 16.5. The summed E-state index contributed by atoms with van der Waals surface area (Å²) >= 11 is 0. The maximum absolute atomic E-state index is 11.1. The third kappa shape index (κ3) is 3.68. The molecule has 1 unspecified atom stereocenters. The summed E-state index contributed by atoms with van der Waals surface area (Å²) in [5, 5.41) is 9.08. The molecule has 0 amide bonds. The second-order valence-corrected chi connectivity index (χ2v) is 4.58. The van der Waals surface area contributed by atoms with Crippen LogP contribution in [0.5, 0.6) is 5.75 Å². The molecular formula is C14H18O5. The molecule has 19 heavy (non-hydrogen) atoms. The minimum atomic E-state index is -0.997. The van der Waals surface area contributed by atoms with Gasteiger partial charge >= 0.3 is 5.97 Å². The van der Waals surface area contributed by atoms with Crippen LogP contribution in [0.2, 0.25) is 0 Å². The summed E-state index contributed by atoms with van der Waals surface area (Å²) in [7, 11) is 1.46. The summed E-state index contributed by atoms with van der Waals surface area (Å²) in [5.74, 6) is -0.180. The number of carboxylic acids is 1. The number of carboxylic acid groups (broad SMARTS) is 1. The van der Waals surface area contributed by atoms with E-state index in [4.69, 9.17) is 19.3 Å². The standard InChI is InChI=1S/C14H18O5/c1-17-13-3-2-10(6-12(13)14(15)16)7-19-9-11-4-5-18-8-11/h2-3,6,11H,4-5,7-9H2,1H3,(H,15,16). The van der Waals surface area contributed by atoms with Gasteiger partial charge in [0, 0.05) is 12.5 Å². The van der Waals surface area contributed by atoms with E-state index in [0.717, 1.165) is 25.2 Å². The molecule has 0 bridgehead atoms. The van der Waals surface area contributed by atoms with E-state index in [0.29, 0.717) is 24.9 Å². The molecule has 0 spiro atoms. The molecule has 0 aliphatic carbocycles. The molecule has 1 atom stereocenters. The van der Waals surface area contributed by atoms with E-state index in [2.05, 4.69) is 0 Å². The molecule has 0 aromatic heterocycles. The van der Waals surface area contributed by atoms with Crippen molar-refractivity contribution in [2.75, 3.05) is 26.9 Å². The van der Waals surface area contributed by atoms with Crippen LogP contribution in [0.1, 0.15) is 22.3 Å². The zero-order valence-corrected chi connectivity index (χ0v) is 10.9. The number of aromatic carboxylic acids is 1. The number of carbonyl (C=O) groups is 1. The number of rotatable bonds is 6. The van der Waals surface area contributed by atoms with Crippen LogP contribution in [0.3, 0.4) is 0 Å². The fraction of sp³-hybridized carbons (Fsp3) is 0.500. The van der Waals surface area contributed by atoms with Crippen LogP contribution in [0.15, 0.2) is 18.2 Å². The van der Waals surface area contributed by atoms with E-state index < -0.39 is 5.97 Å². The molecule has 1 aromatic rings. The maximum Gasteiger partial charge on any atom is 0.339 e. The molecule has 1 saturated heterocycles. The van der Waals surface area contributed by atoms with Crippen molar-refractivity contribution in [1.29, 1.82) is 0 Å². The third-order valence-electron chi connectivity index (χ3n) is 3.14. The highest BCUT2D eigenvalue weighted by Crippen LogP contribution is 2.21. The van der Waals surface area contributed by atoms with Crippen molar-refractivity contribution in [3.63, 3.8) is 0 Å². The quantitative estimate of drug-likeness (QED) is 0.852. The average molecular weight is 266 g/mol. The molecule has 1 aromatic carbocycles. The van der Waals surface area contributed by atoms with Crippen molar-refractivity contribution in [3.05, 3.63) is 29.3 Å². The zero-order valence-electron chi connectivity index (χ0n) is 10.9. The van der Waals surface area contributed by atoms with Crippen LogP contribution >= 0.6 is 0 Å². The minimum Gasteiger partial charge on any atom is -0.496 e. The van der Waals surface area contributed by atoms with Crippen molar-refractivity contribution < 1.29 is 24.1 Å². The van der Waals surface area contributed by atoms with Gasteiger partial charge in [-0.05, 0) is 24.1 Å². The Bertz CT molecular complexity index is 437. The molecule has 1 fully saturated rings. The Morgan fingerprint density at radius 3 is 3.00 bits per heavy atom. The average Bonchev–Trinajstić information content (AvgIpc) is 2.91. The van der Waals surface area contributed by atoms with E-state index in [1.807, 2.05) is 6.07 Å². The molecule has 1 heterocycles. The molecule has 1 aliphatic heterocycles. The van der Waals surface area contributed by atoms with Crippen molar-refractivity contribution in [1.82, 2.24) is 0 Å². The van der Waals surface area contributed by atoms with Crippen LogP contribution in [0, 0.1) is 5.92 Å². The molecule has 104 valence electrons. The molecule has 0 saturated carbocycles. The summed E-state index contributed by atoms with van der Waals surface area (Å²) in [6.45, 7) is 2.61. The van der Waals surface area contributed by atoms with E-state index >= 15 is 0 Å². The first-order valence-electron chi connectivity index (χ1n) is 6.26. The lowest BCUT2D eigenvalue weighted by Crippen LogP contribution is -2.09. The lowest BCUT2D eigenvalue weighted by molar-refractivity contribution is 0.0691. The first kappa shape index (κ1) is 13.8. The van der Waals surface area contributed by atoms with Gasteiger partial charge in [0.1, 0.15) is 11.3 Å². The van der Waals surface area contributed by atoms with E-state index in [9.17, 15) is 4.79 Å². The molecule has 5 heteroatoms. The Morgan fingerprint density at radius 1 is 1.53 bits per heavy atom. The van der Waals surface area contributed by atoms with Crippen LogP contribution < -0.4 is 4.74 Å². The van der Waals surface area contributed by atoms with Crippen molar-refractivity contribution >= 4 is 5.97 Å². The smallest absolute Gasteiger partial charge is 0.339 e. The first-order valence-corrected chi connectivity index (χ1v) is 6.26. The minimum absolute atomic E-state index is 0.160. The third-order valence-corrected chi connectivity index (χ3v) is 3.14. The fourth-order valence-corrected chi connectivity index (χ4v) is 2.07. The lowest BCUT2D eigenvalue weighted by atomic mass is 10.1. The largest absolute Gasteiger partial charge is 0.496 e. The second kappa shape index (κ2) is 6.54. The van der Waals surface area contributed by atoms with Gasteiger partial charge in [-0.2, -0.15) is 0 Å². The Morgan fingerprint density at radius 2 is 2.37 bits per heavy atom. The van der Waals surface area contributed by atoms with Gasteiger partial charge in [-0.15, -0.1) is 0 Å². The van der Waals surface area contributed by atoms with Crippen LogP contribution in [-0.2, 0) is 16.1 Å². The van der Waals surface area contributed by atoms with Gasteiger partial charge in [0.05, 0.1) is 26.9 Å². The Labute approximate surface area is 112 Å². The maximum atomic E-state index is 11.1. The zero-order chi connectivity index (χ0) is 13.7. The van der Waals surface area contributed by atoms with Crippen LogP contribution in [0.4, 0.5) is 0 Å². The van der Waals surface area contributed by atoms with Gasteiger partial charge in [0.15, 0.2) is 0 Å². The van der Waals surface area contributed by atoms with Crippen molar-refractivity contribution in [2.24, 2.45) is 5.92 Å². The van der Waals surface area contributed by atoms with Gasteiger partial charge in [-0.25, -0.2) is 4.79 Å². The van der Waals surface area contributed by atoms with Crippen LogP contribution in [-0.4, -0.2) is 38.0 Å². The molecule has 1 N–H and O–H groups in total. The number of hydrogen-bond donors (Lipinski definition) is 1. The fourth-order valence-electron chi connectivity index (χ4n) is 2.07. The Hall–Kier alpha value is -1.59. The van der Waals surface area contributed by atoms with Crippen LogP contribution in [0.25, 0.3) is 0 Å². The summed E-state index contributed by atoms with van der Waals surface area (Å²) in [6, 6.07) is 5.06. The number of methoxy groups -OCH3 is 1. The van der Waals surface area contributed by atoms with Crippen molar-refractivity contribution in [3.8, 4) is 5.75 Å². The molecule has 5 nitrogen and oxygen atoms in total. The van der Waals surface area contributed by atoms with Gasteiger partial charge in [0.2, 0.25) is 0 Å². The number of benzene rings is 1. The summed E-state index contributed by atoms with van der Waals surface area (Å²) in [5.41, 5.74) is 0.991. The predicted octanol–water partition coefficient (Wildman–Crippen LogP) is 1.95. The Kier molecular flexibility index (Phi) is 4.76. The second-order valence-electron chi connectivity index (χ2n) is 4.58. The highest BCUT2D eigenvalue weighted by molar-refractivity contribution is 5.91. The Balaban J connectivity index is 1.92. The molecular weight excluding hydrogens is 248 g/mol. The highest BCUT2D eigenvalue weighted by Gasteiger charge is 2.16. The monoisotopic (exact) mass is 266 g/mol. The summed E-state index contributed by atoms with van der Waals surface area (Å²) in [4.78, 5) is 11.1. The normalized spacial score (nSPS) is 18.5. The SMILES string of the molecule is COc1ccc(COCC2CCOC2)cc1C(=O)O. The molecule has 1 aliphatic rings. The van der Waals surface area contributed by atoms with E-state index in [-0.39, 0.29) is 5.56 Å². The van der Waals surface area contributed by atoms with Gasteiger partial charge in [0.25, 0.3) is 0 Å². The number of hydrogen-bond acceptors (Lipinski definition) is 4. The van der Waals surface area contributed by atoms with Gasteiger partial charge in [-0.1, -0.05) is 6.07 Å². The van der Waals surface area contributed by atoms with Gasteiger partial charge < -0.3 is 19.3 Å². The molecule has 0 radical (unpaired) electrons. The van der Waals surface area contributed by atoms with Gasteiger partial charge in [-0.3, -0.25) is 0 Å². The lowest BCUT2D eigenvalue weighted by Gasteiger charge is -2.10. The predicted molar refractivity (Wildman–Crippen MR) is 68.5 cm³/mol.